The van der Waals surface area contributed by atoms with E-state index < -0.39 is 0 Å². The molecule has 0 aliphatic heterocycles. The quantitative estimate of drug-likeness (QED) is 0.785. The van der Waals surface area contributed by atoms with Gasteiger partial charge in [-0.3, -0.25) is 9.66 Å². The van der Waals surface area contributed by atoms with Crippen molar-refractivity contribution in [2.45, 2.75) is 26.8 Å². The first-order valence-electron chi connectivity index (χ1n) is 4.87. The van der Waals surface area contributed by atoms with Gasteiger partial charge in [0.05, 0.1) is 11.0 Å². The summed E-state index contributed by atoms with van der Waals surface area (Å²) in [5.41, 5.74) is 6.68. The number of aromatic nitrogens is 2. The van der Waals surface area contributed by atoms with Crippen molar-refractivity contribution in [3.63, 3.8) is 0 Å². The summed E-state index contributed by atoms with van der Waals surface area (Å²) in [6.45, 7) is 6.29. The van der Waals surface area contributed by atoms with Crippen molar-refractivity contribution in [3.05, 3.63) is 30.1 Å². The van der Waals surface area contributed by atoms with Crippen molar-refractivity contribution in [2.24, 2.45) is 0 Å². The third kappa shape index (κ3) is 1.58. The minimum atomic E-state index is 0.422. The molecule has 0 aliphatic carbocycles. The fourth-order valence-electron chi connectivity index (χ4n) is 1.50. The van der Waals surface area contributed by atoms with Gasteiger partial charge in [-0.1, -0.05) is 0 Å². The Bertz CT molecular complexity index is 443. The van der Waals surface area contributed by atoms with E-state index in [1.54, 1.807) is 0 Å². The first-order valence-corrected chi connectivity index (χ1v) is 4.87. The number of hydrogen-bond acceptors (Lipinski definition) is 2. The zero-order chi connectivity index (χ0) is 10.1. The first-order chi connectivity index (χ1) is 6.66. The maximum absolute atomic E-state index is 4.35. The van der Waals surface area contributed by atoms with Crippen LogP contribution in [0.25, 0.3) is 11.0 Å². The third-order valence-corrected chi connectivity index (χ3v) is 2.07. The maximum Gasteiger partial charge on any atom is 0.0901 e. The lowest BCUT2D eigenvalue weighted by atomic mass is 10.3. The van der Waals surface area contributed by atoms with E-state index >= 15 is 0 Å². The van der Waals surface area contributed by atoms with Crippen molar-refractivity contribution >= 4 is 11.0 Å². The summed E-state index contributed by atoms with van der Waals surface area (Å²) in [5, 5.41) is 0. The van der Waals surface area contributed by atoms with Gasteiger partial charge in [-0.05, 0) is 38.5 Å². The molecule has 0 amide bonds. The number of nitrogens with zero attached hydrogens (tertiary/aromatic N) is 2. The van der Waals surface area contributed by atoms with E-state index in [-0.39, 0.29) is 0 Å². The molecule has 2 aromatic heterocycles. The second-order valence-electron chi connectivity index (χ2n) is 3.89. The van der Waals surface area contributed by atoms with Crippen LogP contribution < -0.4 is 5.43 Å². The second kappa shape index (κ2) is 3.33. The van der Waals surface area contributed by atoms with Gasteiger partial charge in [0.1, 0.15) is 0 Å². The molecule has 0 radical (unpaired) electrons. The lowest BCUT2D eigenvalue weighted by molar-refractivity contribution is 0.755. The Morgan fingerprint density at radius 3 is 2.93 bits per heavy atom. The average Bonchev–Trinajstić information content (AvgIpc) is 2.47. The molecule has 2 heterocycles. The van der Waals surface area contributed by atoms with Gasteiger partial charge in [-0.2, -0.15) is 0 Å². The number of pyridine rings is 1. The van der Waals surface area contributed by atoms with Gasteiger partial charge in [0.2, 0.25) is 0 Å². The van der Waals surface area contributed by atoms with Crippen LogP contribution in [0.5, 0.6) is 0 Å². The Hall–Kier alpha value is -1.51. The fraction of sp³-hybridized carbons (Fsp3) is 0.364. The largest absolute Gasteiger partial charge is 0.323 e. The normalized spacial score (nSPS) is 11.1. The predicted molar refractivity (Wildman–Crippen MR) is 59.0 cm³/mol. The highest BCUT2D eigenvalue weighted by atomic mass is 15.4. The molecule has 0 spiro atoms. The minimum absolute atomic E-state index is 0.422. The molecule has 0 bridgehead atoms. The zero-order valence-electron chi connectivity index (χ0n) is 8.78. The van der Waals surface area contributed by atoms with Crippen LogP contribution in [-0.2, 0) is 0 Å². The fourth-order valence-corrected chi connectivity index (χ4v) is 1.50. The van der Waals surface area contributed by atoms with E-state index in [0.717, 1.165) is 11.0 Å². The summed E-state index contributed by atoms with van der Waals surface area (Å²) in [4.78, 5) is 4.35. The molecular weight excluding hydrogens is 174 g/mol. The molecule has 1 N–H and O–H groups in total. The highest BCUT2D eigenvalue weighted by molar-refractivity contribution is 5.76. The highest BCUT2D eigenvalue weighted by Gasteiger charge is 2.02. The second-order valence-corrected chi connectivity index (χ2v) is 3.89. The van der Waals surface area contributed by atoms with E-state index in [2.05, 4.69) is 37.2 Å². The van der Waals surface area contributed by atoms with Crippen LogP contribution in [-0.4, -0.2) is 15.7 Å². The van der Waals surface area contributed by atoms with Crippen LogP contribution in [0.3, 0.4) is 0 Å². The van der Waals surface area contributed by atoms with Crippen LogP contribution in [0.1, 0.15) is 19.4 Å². The summed E-state index contributed by atoms with van der Waals surface area (Å²) < 4.78 is 2.03. The summed E-state index contributed by atoms with van der Waals surface area (Å²) >= 11 is 0. The summed E-state index contributed by atoms with van der Waals surface area (Å²) in [5.74, 6) is 0. The summed E-state index contributed by atoms with van der Waals surface area (Å²) in [7, 11) is 0. The predicted octanol–water partition coefficient (Wildman–Crippen LogP) is 2.30. The Morgan fingerprint density at radius 2 is 2.21 bits per heavy atom. The smallest absolute Gasteiger partial charge is 0.0901 e. The SMILES string of the molecule is Cc1cnc2ccn(NC(C)C)c2c1. The summed E-state index contributed by atoms with van der Waals surface area (Å²) in [6, 6.07) is 4.58. The van der Waals surface area contributed by atoms with Crippen molar-refractivity contribution < 1.29 is 0 Å². The Labute approximate surface area is 83.7 Å². The van der Waals surface area contributed by atoms with Gasteiger partial charge in [0.15, 0.2) is 0 Å². The number of aryl methyl sites for hydroxylation is 1. The maximum atomic E-state index is 4.35. The number of hydrogen-bond donors (Lipinski definition) is 1. The van der Waals surface area contributed by atoms with Crippen LogP contribution in [0, 0.1) is 6.92 Å². The zero-order valence-corrected chi connectivity index (χ0v) is 8.78. The molecule has 2 rings (SSSR count). The van der Waals surface area contributed by atoms with Crippen molar-refractivity contribution in [1.29, 1.82) is 0 Å². The molecule has 0 saturated heterocycles. The van der Waals surface area contributed by atoms with Crippen LogP contribution in [0.4, 0.5) is 0 Å². The number of fused-ring (bicyclic) bond motifs is 1. The summed E-state index contributed by atoms with van der Waals surface area (Å²) in [6.07, 6.45) is 3.90. The van der Waals surface area contributed by atoms with Gasteiger partial charge in [-0.25, -0.2) is 0 Å². The van der Waals surface area contributed by atoms with Crippen LogP contribution >= 0.6 is 0 Å². The van der Waals surface area contributed by atoms with E-state index in [4.69, 9.17) is 0 Å². The molecule has 0 unspecified atom stereocenters. The minimum Gasteiger partial charge on any atom is -0.323 e. The molecule has 14 heavy (non-hydrogen) atoms. The van der Waals surface area contributed by atoms with E-state index in [9.17, 15) is 0 Å². The van der Waals surface area contributed by atoms with E-state index in [1.807, 2.05) is 23.1 Å². The third-order valence-electron chi connectivity index (χ3n) is 2.07. The van der Waals surface area contributed by atoms with Gasteiger partial charge in [0, 0.05) is 18.4 Å². The molecule has 0 atom stereocenters. The molecule has 3 heteroatoms. The Morgan fingerprint density at radius 1 is 1.43 bits per heavy atom. The number of rotatable bonds is 2. The first kappa shape index (κ1) is 9.06. The Kier molecular flexibility index (Phi) is 2.15. The van der Waals surface area contributed by atoms with Crippen molar-refractivity contribution in [2.75, 3.05) is 5.43 Å². The average molecular weight is 189 g/mol. The van der Waals surface area contributed by atoms with Gasteiger partial charge in [0.25, 0.3) is 0 Å². The molecule has 0 aliphatic rings. The molecule has 0 aromatic carbocycles. The Balaban J connectivity index is 2.50. The van der Waals surface area contributed by atoms with E-state index in [0.29, 0.717) is 6.04 Å². The van der Waals surface area contributed by atoms with Crippen molar-refractivity contribution in [1.82, 2.24) is 9.66 Å². The molecule has 0 fully saturated rings. The number of nitrogens with one attached hydrogen (secondary N) is 1. The standard InChI is InChI=1S/C11H15N3/c1-8(2)13-14-5-4-10-11(14)6-9(3)7-12-10/h4-8,13H,1-3H3. The van der Waals surface area contributed by atoms with Gasteiger partial charge in [-0.15, -0.1) is 0 Å². The lowest BCUT2D eigenvalue weighted by Crippen LogP contribution is -2.21. The van der Waals surface area contributed by atoms with Gasteiger partial charge >= 0.3 is 0 Å². The molecule has 0 saturated carbocycles. The molecular formula is C11H15N3. The molecule has 3 nitrogen and oxygen atoms in total. The molecule has 2 aromatic rings. The topological polar surface area (TPSA) is 29.9 Å². The van der Waals surface area contributed by atoms with Crippen LogP contribution in [0.15, 0.2) is 24.5 Å². The van der Waals surface area contributed by atoms with E-state index in [1.165, 1.54) is 5.56 Å². The van der Waals surface area contributed by atoms with Crippen molar-refractivity contribution in [3.8, 4) is 0 Å². The molecule has 74 valence electrons. The van der Waals surface area contributed by atoms with Crippen LogP contribution in [0.2, 0.25) is 0 Å². The highest BCUT2D eigenvalue weighted by Crippen LogP contribution is 2.13. The lowest BCUT2D eigenvalue weighted by Gasteiger charge is -2.12. The van der Waals surface area contributed by atoms with Gasteiger partial charge < -0.3 is 5.43 Å². The monoisotopic (exact) mass is 189 g/mol.